The number of likely N-dealkylation sites (N-methyl/N-ethyl adjacent to an activating group) is 1. The number of ether oxygens (including phenoxy) is 1. The van der Waals surface area contributed by atoms with E-state index in [1.165, 1.54) is 6.07 Å². The topological polar surface area (TPSA) is 84.5 Å². The van der Waals surface area contributed by atoms with Crippen LogP contribution < -0.4 is 14.8 Å². The van der Waals surface area contributed by atoms with Crippen molar-refractivity contribution in [1.29, 1.82) is 0 Å². The second-order valence-electron chi connectivity index (χ2n) is 6.12. The van der Waals surface area contributed by atoms with Crippen molar-refractivity contribution >= 4 is 15.9 Å². The molecule has 7 heteroatoms. The Bertz CT molecular complexity index is 867. The van der Waals surface area contributed by atoms with E-state index in [1.807, 2.05) is 37.3 Å². The van der Waals surface area contributed by atoms with Crippen molar-refractivity contribution in [1.82, 2.24) is 10.0 Å². The number of sulfonamides is 1. The molecule has 0 fully saturated rings. The Labute approximate surface area is 161 Å². The van der Waals surface area contributed by atoms with Crippen LogP contribution in [-0.2, 0) is 21.2 Å². The molecule has 0 heterocycles. The van der Waals surface area contributed by atoms with Crippen LogP contribution in [0.4, 0.5) is 0 Å². The zero-order valence-corrected chi connectivity index (χ0v) is 16.7. The first kappa shape index (κ1) is 20.9. The predicted molar refractivity (Wildman–Crippen MR) is 105 cm³/mol. The Morgan fingerprint density at radius 3 is 2.41 bits per heavy atom. The smallest absolute Gasteiger partial charge is 0.241 e. The molecule has 0 aromatic heterocycles. The summed E-state index contributed by atoms with van der Waals surface area (Å²) in [4.78, 5) is 12.5. The van der Waals surface area contributed by atoms with Gasteiger partial charge in [-0.05, 0) is 56.5 Å². The van der Waals surface area contributed by atoms with Gasteiger partial charge < -0.3 is 10.1 Å². The van der Waals surface area contributed by atoms with Crippen LogP contribution in [0.3, 0.4) is 0 Å². The van der Waals surface area contributed by atoms with E-state index in [4.69, 9.17) is 4.74 Å². The number of benzene rings is 2. The van der Waals surface area contributed by atoms with Gasteiger partial charge >= 0.3 is 0 Å². The van der Waals surface area contributed by atoms with Crippen molar-refractivity contribution < 1.29 is 17.9 Å². The van der Waals surface area contributed by atoms with Crippen molar-refractivity contribution in [3.8, 4) is 5.75 Å². The SMILES string of the molecule is CCNC(=O)C(Cc1ccccc1)NS(=O)(=O)c1ccc(OCC)c(C)c1. The molecule has 0 aliphatic rings. The maximum Gasteiger partial charge on any atom is 0.241 e. The average molecular weight is 391 g/mol. The molecule has 2 N–H and O–H groups in total. The van der Waals surface area contributed by atoms with Crippen LogP contribution in [0.2, 0.25) is 0 Å². The van der Waals surface area contributed by atoms with Crippen LogP contribution in [0.25, 0.3) is 0 Å². The third-order valence-electron chi connectivity index (χ3n) is 4.00. The predicted octanol–water partition coefficient (Wildman–Crippen LogP) is 2.42. The van der Waals surface area contributed by atoms with E-state index in [0.717, 1.165) is 11.1 Å². The summed E-state index contributed by atoms with van der Waals surface area (Å²) in [5.41, 5.74) is 1.59. The van der Waals surface area contributed by atoms with E-state index in [9.17, 15) is 13.2 Å². The molecule has 2 rings (SSSR count). The number of aryl methyl sites for hydroxylation is 1. The van der Waals surface area contributed by atoms with Gasteiger partial charge in [0.2, 0.25) is 15.9 Å². The Morgan fingerprint density at radius 1 is 1.11 bits per heavy atom. The molecule has 2 aromatic carbocycles. The van der Waals surface area contributed by atoms with Gasteiger partial charge in [0.15, 0.2) is 0 Å². The van der Waals surface area contributed by atoms with Crippen molar-refractivity contribution in [3.05, 3.63) is 59.7 Å². The summed E-state index contributed by atoms with van der Waals surface area (Å²) in [5.74, 6) is 0.286. The van der Waals surface area contributed by atoms with Crippen LogP contribution in [0, 0.1) is 6.92 Å². The molecule has 0 radical (unpaired) electrons. The first-order valence-corrected chi connectivity index (χ1v) is 10.4. The van der Waals surface area contributed by atoms with E-state index in [1.54, 1.807) is 26.0 Å². The van der Waals surface area contributed by atoms with Gasteiger partial charge in [0.05, 0.1) is 11.5 Å². The molecule has 2 aromatic rings. The Kier molecular flexibility index (Phi) is 7.38. The van der Waals surface area contributed by atoms with Crippen LogP contribution in [0.5, 0.6) is 5.75 Å². The fourth-order valence-electron chi connectivity index (χ4n) is 2.70. The minimum Gasteiger partial charge on any atom is -0.494 e. The number of nitrogens with one attached hydrogen (secondary N) is 2. The molecule has 0 bridgehead atoms. The third-order valence-corrected chi connectivity index (χ3v) is 5.47. The maximum atomic E-state index is 12.8. The minimum absolute atomic E-state index is 0.103. The largest absolute Gasteiger partial charge is 0.494 e. The molecular weight excluding hydrogens is 364 g/mol. The zero-order chi connectivity index (χ0) is 19.9. The molecular formula is C20H26N2O4S. The molecule has 0 aliphatic carbocycles. The summed E-state index contributed by atoms with van der Waals surface area (Å²) in [6.45, 7) is 6.37. The lowest BCUT2D eigenvalue weighted by atomic mass is 10.1. The fraction of sp³-hybridized carbons (Fsp3) is 0.350. The van der Waals surface area contributed by atoms with Crippen LogP contribution in [0.1, 0.15) is 25.0 Å². The Hall–Kier alpha value is -2.38. The van der Waals surface area contributed by atoms with E-state index >= 15 is 0 Å². The van der Waals surface area contributed by atoms with Crippen LogP contribution >= 0.6 is 0 Å². The van der Waals surface area contributed by atoms with E-state index < -0.39 is 16.1 Å². The normalized spacial score (nSPS) is 12.4. The molecule has 27 heavy (non-hydrogen) atoms. The number of amides is 1. The van der Waals surface area contributed by atoms with Crippen molar-refractivity contribution in [2.75, 3.05) is 13.2 Å². The highest BCUT2D eigenvalue weighted by atomic mass is 32.2. The second-order valence-corrected chi connectivity index (χ2v) is 7.83. The summed E-state index contributed by atoms with van der Waals surface area (Å²) in [6, 6.07) is 13.1. The number of hydrogen-bond acceptors (Lipinski definition) is 4. The highest BCUT2D eigenvalue weighted by Crippen LogP contribution is 2.22. The summed E-state index contributed by atoms with van der Waals surface area (Å²) in [6.07, 6.45) is 0.266. The number of carbonyl (C=O) groups excluding carboxylic acids is 1. The molecule has 1 atom stereocenters. The van der Waals surface area contributed by atoms with Crippen molar-refractivity contribution in [2.45, 2.75) is 38.1 Å². The van der Waals surface area contributed by atoms with E-state index in [0.29, 0.717) is 18.9 Å². The molecule has 146 valence electrons. The molecule has 0 spiro atoms. The zero-order valence-electron chi connectivity index (χ0n) is 15.9. The van der Waals surface area contributed by atoms with Crippen LogP contribution in [-0.4, -0.2) is 33.5 Å². The highest BCUT2D eigenvalue weighted by Gasteiger charge is 2.26. The lowest BCUT2D eigenvalue weighted by Gasteiger charge is -2.19. The lowest BCUT2D eigenvalue weighted by molar-refractivity contribution is -0.122. The van der Waals surface area contributed by atoms with Gasteiger partial charge in [-0.3, -0.25) is 4.79 Å². The number of carbonyl (C=O) groups is 1. The van der Waals surface area contributed by atoms with Gasteiger partial charge in [-0.15, -0.1) is 0 Å². The van der Waals surface area contributed by atoms with Gasteiger partial charge in [-0.2, -0.15) is 4.72 Å². The molecule has 0 saturated carbocycles. The quantitative estimate of drug-likeness (QED) is 0.689. The van der Waals surface area contributed by atoms with E-state index in [-0.39, 0.29) is 17.2 Å². The first-order valence-electron chi connectivity index (χ1n) is 8.94. The molecule has 6 nitrogen and oxygen atoms in total. The van der Waals surface area contributed by atoms with Gasteiger partial charge in [-0.1, -0.05) is 30.3 Å². The number of rotatable bonds is 9. The third kappa shape index (κ3) is 5.80. The van der Waals surface area contributed by atoms with Crippen molar-refractivity contribution in [2.24, 2.45) is 0 Å². The first-order chi connectivity index (χ1) is 12.9. The standard InChI is InChI=1S/C20H26N2O4S/c1-4-21-20(23)18(14-16-9-7-6-8-10-16)22-27(24,25)17-11-12-19(26-5-2)15(3)13-17/h6-13,18,22H,4-5,14H2,1-3H3,(H,21,23). The Balaban J connectivity index is 2.26. The average Bonchev–Trinajstić information content (AvgIpc) is 2.64. The number of hydrogen-bond donors (Lipinski definition) is 2. The van der Waals surface area contributed by atoms with Gasteiger partial charge in [0, 0.05) is 6.54 Å². The maximum absolute atomic E-state index is 12.8. The summed E-state index contributed by atoms with van der Waals surface area (Å²) < 4.78 is 33.7. The minimum atomic E-state index is -3.86. The van der Waals surface area contributed by atoms with Crippen LogP contribution in [0.15, 0.2) is 53.4 Å². The molecule has 0 saturated heterocycles. The highest BCUT2D eigenvalue weighted by molar-refractivity contribution is 7.89. The summed E-state index contributed by atoms with van der Waals surface area (Å²) >= 11 is 0. The molecule has 1 amide bonds. The van der Waals surface area contributed by atoms with E-state index in [2.05, 4.69) is 10.0 Å². The molecule has 1 unspecified atom stereocenters. The summed E-state index contributed by atoms with van der Waals surface area (Å²) in [7, 11) is -3.86. The van der Waals surface area contributed by atoms with Gasteiger partial charge in [0.1, 0.15) is 11.8 Å². The Morgan fingerprint density at radius 2 is 1.81 bits per heavy atom. The van der Waals surface area contributed by atoms with Gasteiger partial charge in [0.25, 0.3) is 0 Å². The second kappa shape index (κ2) is 9.53. The van der Waals surface area contributed by atoms with Gasteiger partial charge in [-0.25, -0.2) is 8.42 Å². The lowest BCUT2D eigenvalue weighted by Crippen LogP contribution is -2.47. The monoisotopic (exact) mass is 390 g/mol. The summed E-state index contributed by atoms with van der Waals surface area (Å²) in [5, 5.41) is 2.69. The molecule has 0 aliphatic heterocycles. The fourth-order valence-corrected chi connectivity index (χ4v) is 3.98. The van der Waals surface area contributed by atoms with Crippen molar-refractivity contribution in [3.63, 3.8) is 0 Å².